The minimum absolute atomic E-state index is 0.131. The van der Waals surface area contributed by atoms with E-state index in [-0.39, 0.29) is 32.6 Å². The van der Waals surface area contributed by atoms with E-state index in [2.05, 4.69) is 0 Å². The highest BCUT2D eigenvalue weighted by molar-refractivity contribution is 6.44. The second-order valence-electron chi connectivity index (χ2n) is 4.25. The molecule has 1 N–H and O–H groups in total. The number of fused-ring (bicyclic) bond motifs is 1. The zero-order valence-corrected chi connectivity index (χ0v) is 11.4. The van der Waals surface area contributed by atoms with E-state index in [1.807, 2.05) is 0 Å². The van der Waals surface area contributed by atoms with Gasteiger partial charge in [0.1, 0.15) is 5.75 Å². The Bertz CT molecular complexity index is 717. The van der Waals surface area contributed by atoms with Crippen molar-refractivity contribution in [2.75, 3.05) is 4.90 Å². The van der Waals surface area contributed by atoms with E-state index in [4.69, 9.17) is 23.2 Å². The average molecular weight is 308 g/mol. The van der Waals surface area contributed by atoms with Crippen LogP contribution in [0.15, 0.2) is 36.4 Å². The summed E-state index contributed by atoms with van der Waals surface area (Å²) in [7, 11) is 0. The molecule has 6 heteroatoms. The van der Waals surface area contributed by atoms with E-state index in [0.29, 0.717) is 0 Å². The Morgan fingerprint density at radius 3 is 1.90 bits per heavy atom. The number of phenols is 1. The number of benzene rings is 2. The molecule has 1 heterocycles. The van der Waals surface area contributed by atoms with E-state index < -0.39 is 11.8 Å². The predicted octanol–water partition coefficient (Wildman–Crippen LogP) is 3.50. The molecule has 2 aromatic carbocycles. The van der Waals surface area contributed by atoms with Crippen LogP contribution in [-0.4, -0.2) is 16.9 Å². The second kappa shape index (κ2) is 4.51. The monoisotopic (exact) mass is 307 g/mol. The van der Waals surface area contributed by atoms with Crippen LogP contribution in [0.5, 0.6) is 5.75 Å². The third-order valence-corrected chi connectivity index (χ3v) is 3.77. The van der Waals surface area contributed by atoms with Crippen molar-refractivity contribution in [3.63, 3.8) is 0 Å². The van der Waals surface area contributed by atoms with Gasteiger partial charge >= 0.3 is 0 Å². The van der Waals surface area contributed by atoms with Gasteiger partial charge in [0, 0.05) is 0 Å². The molecule has 2 aromatic rings. The highest BCUT2D eigenvalue weighted by atomic mass is 35.5. The molecule has 0 aliphatic carbocycles. The van der Waals surface area contributed by atoms with Crippen LogP contribution in [0.1, 0.15) is 20.7 Å². The number of rotatable bonds is 1. The summed E-state index contributed by atoms with van der Waals surface area (Å²) >= 11 is 11.7. The lowest BCUT2D eigenvalue weighted by atomic mass is 10.1. The summed E-state index contributed by atoms with van der Waals surface area (Å²) < 4.78 is 0. The molecule has 0 saturated heterocycles. The van der Waals surface area contributed by atoms with Crippen LogP contribution in [0.25, 0.3) is 0 Å². The molecule has 4 nitrogen and oxygen atoms in total. The first-order valence-corrected chi connectivity index (χ1v) is 6.42. The molecule has 0 atom stereocenters. The van der Waals surface area contributed by atoms with E-state index in [1.54, 1.807) is 12.1 Å². The molecule has 100 valence electrons. The summed E-state index contributed by atoms with van der Waals surface area (Å²) in [5.74, 6) is -1.23. The molecular weight excluding hydrogens is 301 g/mol. The summed E-state index contributed by atoms with van der Waals surface area (Å²) in [6.45, 7) is 0. The number of hydrogen-bond donors (Lipinski definition) is 1. The third kappa shape index (κ3) is 1.77. The van der Waals surface area contributed by atoms with Crippen LogP contribution in [0.3, 0.4) is 0 Å². The standard InChI is InChI=1S/C14H7Cl2NO3/c15-9-5-7-8(6-10(9)16)14(20)17(13(7)19)11-3-1-2-4-12(11)18/h1-6,18H. The van der Waals surface area contributed by atoms with Crippen molar-refractivity contribution < 1.29 is 14.7 Å². The molecule has 3 rings (SSSR count). The minimum atomic E-state index is -0.537. The summed E-state index contributed by atoms with van der Waals surface area (Å²) in [4.78, 5) is 25.5. The zero-order chi connectivity index (χ0) is 14.4. The highest BCUT2D eigenvalue weighted by Gasteiger charge is 2.38. The summed E-state index contributed by atoms with van der Waals surface area (Å²) in [5, 5.41) is 10.2. The van der Waals surface area contributed by atoms with E-state index in [0.717, 1.165) is 4.90 Å². The number of phenolic OH excluding ortho intramolecular Hbond substituents is 1. The fourth-order valence-corrected chi connectivity index (χ4v) is 2.43. The Labute approximate surface area is 124 Å². The number of para-hydroxylation sites is 2. The molecule has 0 spiro atoms. The number of amides is 2. The SMILES string of the molecule is O=C1c2cc(Cl)c(Cl)cc2C(=O)N1c1ccccc1O. The molecule has 0 radical (unpaired) electrons. The van der Waals surface area contributed by atoms with Gasteiger partial charge in [0.05, 0.1) is 26.9 Å². The Kier molecular flexibility index (Phi) is 2.92. The maximum Gasteiger partial charge on any atom is 0.266 e. The van der Waals surface area contributed by atoms with E-state index in [9.17, 15) is 14.7 Å². The second-order valence-corrected chi connectivity index (χ2v) is 5.06. The van der Waals surface area contributed by atoms with Crippen molar-refractivity contribution in [3.8, 4) is 5.75 Å². The van der Waals surface area contributed by atoms with Crippen LogP contribution in [0.2, 0.25) is 10.0 Å². The maximum absolute atomic E-state index is 12.3. The van der Waals surface area contributed by atoms with Gasteiger partial charge in [0.2, 0.25) is 0 Å². The maximum atomic E-state index is 12.3. The number of carbonyl (C=O) groups is 2. The van der Waals surface area contributed by atoms with E-state index >= 15 is 0 Å². The third-order valence-electron chi connectivity index (χ3n) is 3.05. The van der Waals surface area contributed by atoms with Gasteiger partial charge in [0.15, 0.2) is 0 Å². The van der Waals surface area contributed by atoms with Gasteiger partial charge in [-0.2, -0.15) is 0 Å². The smallest absolute Gasteiger partial charge is 0.266 e. The number of imide groups is 1. The topological polar surface area (TPSA) is 57.6 Å². The summed E-state index contributed by atoms with van der Waals surface area (Å²) in [5.41, 5.74) is 0.478. The molecule has 2 amide bonds. The van der Waals surface area contributed by atoms with Crippen LogP contribution in [0, 0.1) is 0 Å². The number of aromatic hydroxyl groups is 1. The molecule has 0 aromatic heterocycles. The quantitative estimate of drug-likeness (QED) is 0.820. The first-order chi connectivity index (χ1) is 9.50. The van der Waals surface area contributed by atoms with Crippen LogP contribution in [0.4, 0.5) is 5.69 Å². The van der Waals surface area contributed by atoms with Crippen molar-refractivity contribution in [1.82, 2.24) is 0 Å². The largest absolute Gasteiger partial charge is 0.506 e. The van der Waals surface area contributed by atoms with Crippen molar-refractivity contribution in [1.29, 1.82) is 0 Å². The van der Waals surface area contributed by atoms with Crippen LogP contribution in [-0.2, 0) is 0 Å². The van der Waals surface area contributed by atoms with E-state index in [1.165, 1.54) is 24.3 Å². The number of nitrogens with zero attached hydrogens (tertiary/aromatic N) is 1. The molecule has 0 unspecified atom stereocenters. The lowest BCUT2D eigenvalue weighted by molar-refractivity contribution is 0.0925. The van der Waals surface area contributed by atoms with Gasteiger partial charge in [-0.15, -0.1) is 0 Å². The molecule has 1 aliphatic heterocycles. The number of carbonyl (C=O) groups excluding carboxylic acids is 2. The van der Waals surface area contributed by atoms with Gasteiger partial charge < -0.3 is 5.11 Å². The normalized spacial score (nSPS) is 13.8. The molecule has 0 fully saturated rings. The highest BCUT2D eigenvalue weighted by Crippen LogP contribution is 2.36. The lowest BCUT2D eigenvalue weighted by Crippen LogP contribution is -2.29. The van der Waals surface area contributed by atoms with Crippen LogP contribution < -0.4 is 4.90 Å². The number of hydrogen-bond acceptors (Lipinski definition) is 3. The summed E-state index contributed by atoms with van der Waals surface area (Å²) in [6, 6.07) is 8.83. The van der Waals surface area contributed by atoms with Gasteiger partial charge in [0.25, 0.3) is 11.8 Å². The first kappa shape index (κ1) is 13.0. The fourth-order valence-electron chi connectivity index (χ4n) is 2.11. The van der Waals surface area contributed by atoms with Crippen LogP contribution >= 0.6 is 23.2 Å². The zero-order valence-electron chi connectivity index (χ0n) is 9.93. The predicted molar refractivity (Wildman–Crippen MR) is 75.7 cm³/mol. The van der Waals surface area contributed by atoms with Gasteiger partial charge in [-0.05, 0) is 24.3 Å². The van der Waals surface area contributed by atoms with Gasteiger partial charge in [-0.1, -0.05) is 35.3 Å². The molecular formula is C14H7Cl2NO3. The molecule has 1 aliphatic rings. The van der Waals surface area contributed by atoms with Crippen molar-refractivity contribution >= 4 is 40.7 Å². The molecule has 0 saturated carbocycles. The number of anilines is 1. The minimum Gasteiger partial charge on any atom is -0.506 e. The molecule has 0 bridgehead atoms. The van der Waals surface area contributed by atoms with Crippen molar-refractivity contribution in [2.45, 2.75) is 0 Å². The lowest BCUT2D eigenvalue weighted by Gasteiger charge is -2.14. The number of halogens is 2. The average Bonchev–Trinajstić information content (AvgIpc) is 2.64. The van der Waals surface area contributed by atoms with Gasteiger partial charge in [-0.3, -0.25) is 9.59 Å². The first-order valence-electron chi connectivity index (χ1n) is 5.66. The van der Waals surface area contributed by atoms with Gasteiger partial charge in [-0.25, -0.2) is 4.90 Å². The van der Waals surface area contributed by atoms with Crippen molar-refractivity contribution in [3.05, 3.63) is 57.6 Å². The molecule has 20 heavy (non-hydrogen) atoms. The van der Waals surface area contributed by atoms with Crippen molar-refractivity contribution in [2.24, 2.45) is 0 Å². The fraction of sp³-hybridized carbons (Fsp3) is 0. The summed E-state index contributed by atoms with van der Waals surface area (Å²) in [6.07, 6.45) is 0. The Morgan fingerprint density at radius 1 is 0.900 bits per heavy atom. The Hall–Kier alpha value is -2.04. The Balaban J connectivity index is 2.17. The Morgan fingerprint density at radius 2 is 1.40 bits per heavy atom.